The van der Waals surface area contributed by atoms with Gasteiger partial charge in [-0.1, -0.05) is 36.1 Å². The molecule has 0 radical (unpaired) electrons. The molecule has 0 bridgehead atoms. The zero-order valence-electron chi connectivity index (χ0n) is 15.7. The Morgan fingerprint density at radius 2 is 1.93 bits per heavy atom. The zero-order valence-corrected chi connectivity index (χ0v) is 15.7. The molecule has 5 heteroatoms. The molecule has 5 nitrogen and oxygen atoms in total. The summed E-state index contributed by atoms with van der Waals surface area (Å²) < 4.78 is 5.94. The van der Waals surface area contributed by atoms with Crippen LogP contribution in [0.25, 0.3) is 6.08 Å². The van der Waals surface area contributed by atoms with Crippen molar-refractivity contribution in [2.24, 2.45) is 0 Å². The maximum absolute atomic E-state index is 12.8. The van der Waals surface area contributed by atoms with E-state index in [1.54, 1.807) is 12.1 Å². The molecule has 1 N–H and O–H groups in total. The van der Waals surface area contributed by atoms with Crippen molar-refractivity contribution < 1.29 is 19.5 Å². The Hall–Kier alpha value is -2.63. The van der Waals surface area contributed by atoms with Crippen LogP contribution in [-0.4, -0.2) is 43.9 Å². The van der Waals surface area contributed by atoms with Crippen molar-refractivity contribution in [2.75, 3.05) is 33.2 Å². The lowest BCUT2D eigenvalue weighted by molar-refractivity contribution is -0.918. The van der Waals surface area contributed by atoms with E-state index in [9.17, 15) is 9.90 Å². The number of hydrogen-bond acceptors (Lipinski definition) is 4. The number of quaternary nitrogens is 1. The highest BCUT2D eigenvalue weighted by Crippen LogP contribution is 2.38. The fourth-order valence-corrected chi connectivity index (χ4v) is 3.71. The summed E-state index contributed by atoms with van der Waals surface area (Å²) in [6.07, 6.45) is 1.77. The summed E-state index contributed by atoms with van der Waals surface area (Å²) >= 11 is 0. The van der Waals surface area contributed by atoms with Crippen molar-refractivity contribution in [1.82, 2.24) is 4.90 Å². The van der Waals surface area contributed by atoms with Crippen LogP contribution in [0.3, 0.4) is 0 Å². The number of nitrogens with zero attached hydrogens (tertiary/aromatic N) is 1. The maximum atomic E-state index is 12.8. The summed E-state index contributed by atoms with van der Waals surface area (Å²) in [5, 5.41) is 12.5. The van der Waals surface area contributed by atoms with Crippen LogP contribution in [0.15, 0.2) is 42.2 Å². The number of fused-ring (bicyclic) bond motifs is 1. The number of allylic oxidation sites excluding steroid dienone is 1. The van der Waals surface area contributed by atoms with Crippen LogP contribution in [0.5, 0.6) is 11.5 Å². The largest absolute Gasteiger partial charge is 0.872 e. The maximum Gasteiger partial charge on any atom is 0.231 e. The standard InChI is InChI=1S/C22H24N2O3/c1-15-5-3-4-6-16(15)13-20-21(26)17-7-8-19(25)18(22(17)27-20)14-24-11-9-23(2)10-12-24/h3-8,13,25H,9-12,14H2,1-2H3. The lowest BCUT2D eigenvalue weighted by atomic mass is 10.0. The molecule has 2 heterocycles. The molecule has 1 saturated heterocycles. The topological polar surface area (TPSA) is 57.0 Å². The van der Waals surface area contributed by atoms with Gasteiger partial charge in [0.2, 0.25) is 5.78 Å². The number of piperazine rings is 1. The first-order chi connectivity index (χ1) is 13.0. The molecule has 2 aliphatic heterocycles. The van der Waals surface area contributed by atoms with Crippen LogP contribution >= 0.6 is 0 Å². The number of aryl methyl sites for hydroxylation is 1. The molecular formula is C22H24N2O3. The second-order valence-corrected chi connectivity index (χ2v) is 7.45. The molecule has 0 atom stereocenters. The summed E-state index contributed by atoms with van der Waals surface area (Å²) in [5.74, 6) is 0.547. The Kier molecular flexibility index (Phi) is 4.72. The average molecular weight is 364 g/mol. The first-order valence-corrected chi connectivity index (χ1v) is 9.38. The second-order valence-electron chi connectivity index (χ2n) is 7.45. The number of carbonyl (C=O) groups is 1. The monoisotopic (exact) mass is 364 g/mol. The number of rotatable bonds is 3. The van der Waals surface area contributed by atoms with Gasteiger partial charge in [0.15, 0.2) is 5.76 Å². The number of hydrogen-bond donors (Lipinski definition) is 1. The predicted molar refractivity (Wildman–Crippen MR) is 102 cm³/mol. The fourth-order valence-electron chi connectivity index (χ4n) is 3.71. The Balaban J connectivity index is 1.64. The number of ether oxygens (including phenoxy) is 1. The van der Waals surface area contributed by atoms with Gasteiger partial charge < -0.3 is 14.7 Å². The molecule has 0 aromatic heterocycles. The smallest absolute Gasteiger partial charge is 0.231 e. The van der Waals surface area contributed by atoms with Crippen molar-refractivity contribution >= 4 is 11.9 Å². The number of likely N-dealkylation sites (N-methyl/N-ethyl adjacent to an activating group) is 1. The van der Waals surface area contributed by atoms with Crippen LogP contribution in [0, 0.1) is 6.92 Å². The van der Waals surface area contributed by atoms with Crippen LogP contribution in [0.1, 0.15) is 27.0 Å². The Morgan fingerprint density at radius 1 is 1.19 bits per heavy atom. The van der Waals surface area contributed by atoms with Crippen molar-refractivity contribution in [3.8, 4) is 11.5 Å². The van der Waals surface area contributed by atoms with Crippen LogP contribution in [-0.2, 0) is 6.54 Å². The first-order valence-electron chi connectivity index (χ1n) is 9.38. The van der Waals surface area contributed by atoms with E-state index < -0.39 is 0 Å². The summed E-state index contributed by atoms with van der Waals surface area (Å²) in [6, 6.07) is 10.9. The highest BCUT2D eigenvalue weighted by Gasteiger charge is 2.31. The van der Waals surface area contributed by atoms with Gasteiger partial charge in [0.25, 0.3) is 0 Å². The van der Waals surface area contributed by atoms with Gasteiger partial charge in [0, 0.05) is 18.7 Å². The van der Waals surface area contributed by atoms with E-state index in [2.05, 4.69) is 11.9 Å². The molecule has 0 unspecified atom stereocenters. The van der Waals surface area contributed by atoms with E-state index in [-0.39, 0.29) is 11.5 Å². The molecule has 2 aliphatic rings. The minimum atomic E-state index is -0.150. The molecule has 0 amide bonds. The van der Waals surface area contributed by atoms with Gasteiger partial charge in [-0.2, -0.15) is 0 Å². The third-order valence-electron chi connectivity index (χ3n) is 5.49. The van der Waals surface area contributed by atoms with E-state index in [1.165, 1.54) is 11.0 Å². The van der Waals surface area contributed by atoms with E-state index in [1.807, 2.05) is 31.2 Å². The van der Waals surface area contributed by atoms with Crippen LogP contribution < -0.4 is 14.7 Å². The van der Waals surface area contributed by atoms with E-state index >= 15 is 0 Å². The molecule has 0 saturated carbocycles. The molecule has 2 aromatic carbocycles. The molecule has 27 heavy (non-hydrogen) atoms. The second kappa shape index (κ2) is 7.18. The van der Waals surface area contributed by atoms with Crippen LogP contribution in [0.4, 0.5) is 0 Å². The highest BCUT2D eigenvalue weighted by molar-refractivity contribution is 6.15. The molecule has 2 aromatic rings. The van der Waals surface area contributed by atoms with E-state index in [0.29, 0.717) is 29.2 Å². The highest BCUT2D eigenvalue weighted by atomic mass is 16.5. The minimum absolute atomic E-state index is 0.0508. The van der Waals surface area contributed by atoms with Gasteiger partial charge in [-0.05, 0) is 37.2 Å². The quantitative estimate of drug-likeness (QED) is 0.826. The molecule has 4 rings (SSSR count). The predicted octanol–water partition coefficient (Wildman–Crippen LogP) is 1.02. The molecule has 1 fully saturated rings. The Morgan fingerprint density at radius 3 is 2.67 bits per heavy atom. The number of ketones is 1. The minimum Gasteiger partial charge on any atom is -0.872 e. The third kappa shape index (κ3) is 3.48. The number of Topliss-reactive ketones (excluding diaryl/α,β-unsaturated/α-hetero) is 1. The van der Waals surface area contributed by atoms with Crippen molar-refractivity contribution in [1.29, 1.82) is 0 Å². The molecule has 0 aliphatic carbocycles. The first kappa shape index (κ1) is 17.8. The average Bonchev–Trinajstić information content (AvgIpc) is 2.97. The van der Waals surface area contributed by atoms with Gasteiger partial charge >= 0.3 is 0 Å². The van der Waals surface area contributed by atoms with Gasteiger partial charge in [0.1, 0.15) is 12.3 Å². The normalized spacial score (nSPS) is 19.3. The molecule has 140 valence electrons. The molecular weight excluding hydrogens is 340 g/mol. The number of carbonyl (C=O) groups excluding carboxylic acids is 1. The van der Waals surface area contributed by atoms with Gasteiger partial charge in [-0.15, -0.1) is 0 Å². The van der Waals surface area contributed by atoms with E-state index in [0.717, 1.165) is 37.3 Å². The van der Waals surface area contributed by atoms with Crippen LogP contribution in [0.2, 0.25) is 0 Å². The van der Waals surface area contributed by atoms with Gasteiger partial charge in [0.05, 0.1) is 18.7 Å². The van der Waals surface area contributed by atoms with Crippen molar-refractivity contribution in [3.63, 3.8) is 0 Å². The Labute approximate surface area is 159 Å². The summed E-state index contributed by atoms with van der Waals surface area (Å²) in [7, 11) is 2.11. The summed E-state index contributed by atoms with van der Waals surface area (Å²) in [6.45, 7) is 6.59. The number of benzene rings is 2. The fraction of sp³-hybridized carbons (Fsp3) is 0.318. The zero-order chi connectivity index (χ0) is 19.0. The van der Waals surface area contributed by atoms with Gasteiger partial charge in [-0.3, -0.25) is 9.69 Å². The summed E-state index contributed by atoms with van der Waals surface area (Å²) in [4.78, 5) is 16.4. The number of nitrogens with one attached hydrogen (secondary N) is 1. The lowest BCUT2D eigenvalue weighted by Gasteiger charge is -2.30. The lowest BCUT2D eigenvalue weighted by Crippen LogP contribution is -3.13. The van der Waals surface area contributed by atoms with E-state index in [4.69, 9.17) is 4.74 Å². The molecule has 0 spiro atoms. The third-order valence-corrected chi connectivity index (χ3v) is 5.49. The SMILES string of the molecule is Cc1ccccc1C=C1Oc2c(ccc([O-])c2C[NH+]2CCN(C)CC2)C1=O. The summed E-state index contributed by atoms with van der Waals surface area (Å²) in [5.41, 5.74) is 3.14. The van der Waals surface area contributed by atoms with Crippen molar-refractivity contribution in [2.45, 2.75) is 13.5 Å². The Bertz CT molecular complexity index is 912. The van der Waals surface area contributed by atoms with Gasteiger partial charge in [-0.25, -0.2) is 0 Å². The van der Waals surface area contributed by atoms with Crippen molar-refractivity contribution in [3.05, 3.63) is 64.4 Å².